The molecule has 0 atom stereocenters. The number of fused-ring (bicyclic) bond motifs is 10. The smallest absolute Gasteiger partial charge is 0.0404 e. The van der Waals surface area contributed by atoms with E-state index in [-0.39, 0.29) is 0 Å². The van der Waals surface area contributed by atoms with Gasteiger partial charge in [0.25, 0.3) is 0 Å². The van der Waals surface area contributed by atoms with Crippen molar-refractivity contribution < 1.29 is 0 Å². The summed E-state index contributed by atoms with van der Waals surface area (Å²) >= 11 is 7.49. The lowest BCUT2D eigenvalue weighted by Crippen LogP contribution is -1.92. The van der Waals surface area contributed by atoms with Crippen LogP contribution in [0.2, 0.25) is 0 Å². The van der Waals surface area contributed by atoms with Crippen molar-refractivity contribution in [1.82, 2.24) is 0 Å². The SMILES string of the molecule is Ic1cc2c3ccc4ccc5ccccc5c4c3c3ccccc3c2c(I)c1I. The predicted molar refractivity (Wildman–Crippen MR) is 152 cm³/mol. The molecule has 0 nitrogen and oxygen atoms in total. The van der Waals surface area contributed by atoms with E-state index in [2.05, 4.69) is 147 Å². The fraction of sp³-hybridized carbons (Fsp3) is 0. The zero-order valence-corrected chi connectivity index (χ0v) is 21.6. The molecule has 6 aromatic carbocycles. The van der Waals surface area contributed by atoms with E-state index in [1.807, 2.05) is 0 Å². The van der Waals surface area contributed by atoms with E-state index in [4.69, 9.17) is 0 Å². The molecule has 138 valence electrons. The van der Waals surface area contributed by atoms with Gasteiger partial charge in [-0.15, -0.1) is 0 Å². The fourth-order valence-corrected chi connectivity index (χ4v) is 6.99. The molecule has 3 heteroatoms. The van der Waals surface area contributed by atoms with Gasteiger partial charge in [0.15, 0.2) is 0 Å². The Kier molecular flexibility index (Phi) is 4.43. The quantitative estimate of drug-likeness (QED) is 0.0840. The summed E-state index contributed by atoms with van der Waals surface area (Å²) in [7, 11) is 0. The first-order valence-corrected chi connectivity index (χ1v) is 12.6. The molecule has 6 rings (SSSR count). The van der Waals surface area contributed by atoms with Crippen molar-refractivity contribution in [3.05, 3.63) is 89.6 Å². The summed E-state index contributed by atoms with van der Waals surface area (Å²) in [4.78, 5) is 0. The number of hydrogen-bond acceptors (Lipinski definition) is 0. The lowest BCUT2D eigenvalue weighted by atomic mass is 9.89. The van der Waals surface area contributed by atoms with Crippen LogP contribution in [0.3, 0.4) is 0 Å². The standard InChI is InChI=1S/C26H13I3/c27-21-13-20-19-12-11-15-10-9-14-5-1-2-6-16(14)22(15)23(19)17-7-3-4-8-18(17)24(20)26(29)25(21)28/h1-13H. The predicted octanol–water partition coefficient (Wildman–Crippen LogP) is 9.27. The van der Waals surface area contributed by atoms with E-state index >= 15 is 0 Å². The van der Waals surface area contributed by atoms with Crippen LogP contribution in [0.15, 0.2) is 78.9 Å². The van der Waals surface area contributed by atoms with Crippen LogP contribution >= 0.6 is 67.8 Å². The molecule has 29 heavy (non-hydrogen) atoms. The van der Waals surface area contributed by atoms with Crippen LogP contribution in [-0.2, 0) is 0 Å². The highest BCUT2D eigenvalue weighted by Gasteiger charge is 2.17. The van der Waals surface area contributed by atoms with Crippen molar-refractivity contribution >= 4 is 122 Å². The first kappa shape index (κ1) is 18.6. The molecule has 6 aromatic rings. The van der Waals surface area contributed by atoms with Crippen molar-refractivity contribution in [3.8, 4) is 0 Å². The maximum absolute atomic E-state index is 2.53. The summed E-state index contributed by atoms with van der Waals surface area (Å²) in [6, 6.07) is 29.1. The summed E-state index contributed by atoms with van der Waals surface area (Å²) in [5.41, 5.74) is 0. The average molecular weight is 706 g/mol. The zero-order chi connectivity index (χ0) is 19.7. The first-order valence-electron chi connectivity index (χ1n) is 9.37. The molecule has 0 heterocycles. The van der Waals surface area contributed by atoms with Crippen LogP contribution < -0.4 is 0 Å². The Bertz CT molecular complexity index is 1630. The second kappa shape index (κ2) is 6.92. The molecular weight excluding hydrogens is 693 g/mol. The molecule has 0 saturated heterocycles. The van der Waals surface area contributed by atoms with Crippen molar-refractivity contribution in [2.24, 2.45) is 0 Å². The number of rotatable bonds is 0. The molecular formula is C26H13I3. The minimum Gasteiger partial charge on any atom is -0.0616 e. The van der Waals surface area contributed by atoms with E-state index in [0.717, 1.165) is 0 Å². The Balaban J connectivity index is 2.04. The first-order chi connectivity index (χ1) is 14.1. The third-order valence-corrected chi connectivity index (χ3v) is 10.9. The summed E-state index contributed by atoms with van der Waals surface area (Å²) in [5, 5.41) is 13.4. The van der Waals surface area contributed by atoms with E-state index < -0.39 is 0 Å². The number of halogens is 3. The fourth-order valence-electron chi connectivity index (χ4n) is 4.59. The van der Waals surface area contributed by atoms with E-state index in [0.29, 0.717) is 0 Å². The Labute approximate surface area is 209 Å². The molecule has 0 radical (unpaired) electrons. The van der Waals surface area contributed by atoms with Gasteiger partial charge in [0.2, 0.25) is 0 Å². The largest absolute Gasteiger partial charge is 0.0616 e. The van der Waals surface area contributed by atoms with Gasteiger partial charge in [-0.1, -0.05) is 72.8 Å². The Hall–Kier alpha value is -1.19. The number of benzene rings is 6. The van der Waals surface area contributed by atoms with Gasteiger partial charge in [0, 0.05) is 16.1 Å². The molecule has 0 aliphatic rings. The van der Waals surface area contributed by atoms with Gasteiger partial charge >= 0.3 is 0 Å². The monoisotopic (exact) mass is 706 g/mol. The van der Waals surface area contributed by atoms with Crippen LogP contribution in [0.4, 0.5) is 0 Å². The summed E-state index contributed by atoms with van der Waals surface area (Å²) < 4.78 is 4.00. The lowest BCUT2D eigenvalue weighted by molar-refractivity contribution is 1.61. The van der Waals surface area contributed by atoms with Crippen LogP contribution in [0.5, 0.6) is 0 Å². The highest BCUT2D eigenvalue weighted by Crippen LogP contribution is 2.43. The van der Waals surface area contributed by atoms with Gasteiger partial charge in [-0.2, -0.15) is 0 Å². The zero-order valence-electron chi connectivity index (χ0n) is 15.1. The van der Waals surface area contributed by atoms with Crippen LogP contribution in [0.1, 0.15) is 0 Å². The molecule has 0 N–H and O–H groups in total. The minimum absolute atomic E-state index is 1.29. The molecule has 0 bridgehead atoms. The molecule has 0 saturated carbocycles. The average Bonchev–Trinajstić information content (AvgIpc) is 2.76. The third-order valence-electron chi connectivity index (χ3n) is 5.83. The molecule has 0 amide bonds. The van der Waals surface area contributed by atoms with Crippen molar-refractivity contribution in [2.75, 3.05) is 0 Å². The van der Waals surface area contributed by atoms with Gasteiger partial charge in [-0.25, -0.2) is 0 Å². The third kappa shape index (κ3) is 2.66. The second-order valence-electron chi connectivity index (χ2n) is 7.33. The van der Waals surface area contributed by atoms with Crippen LogP contribution in [-0.4, -0.2) is 0 Å². The summed E-state index contributed by atoms with van der Waals surface area (Å²) in [6.45, 7) is 0. The Morgan fingerprint density at radius 1 is 0.414 bits per heavy atom. The van der Waals surface area contributed by atoms with Gasteiger partial charge in [0.05, 0.1) is 0 Å². The van der Waals surface area contributed by atoms with Gasteiger partial charge in [-0.3, -0.25) is 0 Å². The van der Waals surface area contributed by atoms with E-state index in [1.54, 1.807) is 0 Å². The Morgan fingerprint density at radius 3 is 1.79 bits per heavy atom. The van der Waals surface area contributed by atoms with Gasteiger partial charge < -0.3 is 0 Å². The maximum Gasteiger partial charge on any atom is 0.0404 e. The van der Waals surface area contributed by atoms with Crippen LogP contribution in [0, 0.1) is 10.7 Å². The topological polar surface area (TPSA) is 0 Å². The molecule has 0 aromatic heterocycles. The number of hydrogen-bond donors (Lipinski definition) is 0. The lowest BCUT2D eigenvalue weighted by Gasteiger charge is -2.16. The Morgan fingerprint density at radius 2 is 1.00 bits per heavy atom. The van der Waals surface area contributed by atoms with Crippen molar-refractivity contribution in [1.29, 1.82) is 0 Å². The van der Waals surface area contributed by atoms with Crippen molar-refractivity contribution in [2.45, 2.75) is 0 Å². The van der Waals surface area contributed by atoms with Crippen LogP contribution in [0.25, 0.3) is 53.9 Å². The molecule has 0 unspecified atom stereocenters. The summed E-state index contributed by atoms with van der Waals surface area (Å²) in [5.74, 6) is 0. The van der Waals surface area contributed by atoms with E-state index in [1.165, 1.54) is 64.6 Å². The molecule has 0 aliphatic carbocycles. The van der Waals surface area contributed by atoms with Crippen molar-refractivity contribution in [3.63, 3.8) is 0 Å². The summed E-state index contributed by atoms with van der Waals surface area (Å²) in [6.07, 6.45) is 0. The second-order valence-corrected chi connectivity index (χ2v) is 10.6. The highest BCUT2D eigenvalue weighted by atomic mass is 127. The highest BCUT2D eigenvalue weighted by molar-refractivity contribution is 14.1. The normalized spacial score (nSPS) is 12.0. The van der Waals surface area contributed by atoms with E-state index in [9.17, 15) is 0 Å². The van der Waals surface area contributed by atoms with Gasteiger partial charge in [0.1, 0.15) is 0 Å². The molecule has 0 aliphatic heterocycles. The minimum atomic E-state index is 1.29. The maximum atomic E-state index is 2.53. The molecule has 0 spiro atoms. The van der Waals surface area contributed by atoms with Gasteiger partial charge in [-0.05, 0) is 122 Å². The molecule has 0 fully saturated rings.